The Balaban J connectivity index is 1.82. The Bertz CT molecular complexity index is 1220. The molecule has 0 aliphatic carbocycles. The Kier molecular flexibility index (Phi) is 10.2. The lowest BCUT2D eigenvalue weighted by atomic mass is 10.1. The van der Waals surface area contributed by atoms with E-state index in [1.807, 2.05) is 18.2 Å². The van der Waals surface area contributed by atoms with Gasteiger partial charge in [0.2, 0.25) is 33.3 Å². The molecule has 3 rings (SSSR count). The third-order valence-corrected chi connectivity index (χ3v) is 7.02. The summed E-state index contributed by atoms with van der Waals surface area (Å²) < 4.78 is 26.4. The van der Waals surface area contributed by atoms with Gasteiger partial charge in [-0.3, -0.25) is 0 Å². The molecule has 2 heterocycles. The third kappa shape index (κ3) is 7.60. The van der Waals surface area contributed by atoms with Crippen LogP contribution in [0.2, 0.25) is 0 Å². The number of hydrogen-bond donors (Lipinski definition) is 2. The summed E-state index contributed by atoms with van der Waals surface area (Å²) in [5.41, 5.74) is 1.99. The smallest absolute Gasteiger partial charge is 0.242 e. The summed E-state index contributed by atoms with van der Waals surface area (Å²) in [5.74, 6) is 0.836. The van der Waals surface area contributed by atoms with Crippen molar-refractivity contribution in [2.75, 3.05) is 32.5 Å². The Morgan fingerprint density at radius 1 is 1.11 bits per heavy atom. The van der Waals surface area contributed by atoms with Gasteiger partial charge < -0.3 is 20.4 Å². The minimum Gasteiger partial charge on any atom is -0.618 e. The third-order valence-electron chi connectivity index (χ3n) is 6.30. The van der Waals surface area contributed by atoms with Crippen molar-refractivity contribution in [1.82, 2.24) is 14.7 Å². The van der Waals surface area contributed by atoms with Crippen molar-refractivity contribution < 1.29 is 27.9 Å². The van der Waals surface area contributed by atoms with E-state index in [0.717, 1.165) is 60.0 Å². The summed E-state index contributed by atoms with van der Waals surface area (Å²) in [6, 6.07) is 7.42. The minimum atomic E-state index is -3.26. The second-order valence-electron chi connectivity index (χ2n) is 9.28. The predicted molar refractivity (Wildman–Crippen MR) is 141 cm³/mol. The van der Waals surface area contributed by atoms with Gasteiger partial charge in [-0.2, -0.15) is 14.6 Å². The number of hydrogen-bond acceptors (Lipinski definition) is 7. The number of rotatable bonds is 16. The second kappa shape index (κ2) is 13.1. The Labute approximate surface area is 218 Å². The van der Waals surface area contributed by atoms with Gasteiger partial charge in [-0.15, -0.1) is 4.65 Å². The van der Waals surface area contributed by atoms with E-state index in [1.54, 1.807) is 6.07 Å². The first-order valence-corrected chi connectivity index (χ1v) is 14.7. The van der Waals surface area contributed by atoms with E-state index in [9.17, 15) is 23.5 Å². The average Bonchev–Trinajstić information content (AvgIpc) is 3.13. The molecule has 11 nitrogen and oxygen atoms in total. The van der Waals surface area contributed by atoms with Crippen LogP contribution in [0.3, 0.4) is 0 Å². The molecule has 1 atom stereocenters. The molecule has 1 amide bonds. The molecule has 2 aromatic rings. The summed E-state index contributed by atoms with van der Waals surface area (Å²) >= 11 is 0. The first kappa shape index (κ1) is 28.8. The van der Waals surface area contributed by atoms with Gasteiger partial charge in [-0.1, -0.05) is 31.9 Å². The number of para-hydroxylation sites is 1. The number of carbonyl (C=O) groups excluding carboxylic acids is 1. The number of aromatic nitrogens is 1. The lowest BCUT2D eigenvalue weighted by Crippen LogP contribution is -2.53. The van der Waals surface area contributed by atoms with Crippen LogP contribution in [0.1, 0.15) is 58.3 Å². The van der Waals surface area contributed by atoms with Crippen LogP contribution in [0.4, 0.5) is 16.2 Å². The van der Waals surface area contributed by atoms with Crippen LogP contribution >= 0.6 is 0 Å². The van der Waals surface area contributed by atoms with Crippen molar-refractivity contribution in [2.45, 2.75) is 58.3 Å². The summed E-state index contributed by atoms with van der Waals surface area (Å²) in [6.07, 6.45) is 7.47. The zero-order chi connectivity index (χ0) is 26.9. The van der Waals surface area contributed by atoms with Crippen molar-refractivity contribution >= 4 is 44.2 Å². The molecule has 1 aliphatic heterocycles. The number of unbranched alkanes of at least 4 members (excludes halogenated alkanes) is 4. The Hall–Kier alpha value is -2.80. The number of carbonyl (C=O) groups is 1. The molecule has 37 heavy (non-hydrogen) atoms. The quantitative estimate of drug-likeness (QED) is 0.146. The van der Waals surface area contributed by atoms with Crippen LogP contribution in [0, 0.1) is 5.21 Å². The van der Waals surface area contributed by atoms with Crippen molar-refractivity contribution in [1.29, 1.82) is 0 Å². The Morgan fingerprint density at radius 2 is 1.84 bits per heavy atom. The number of quaternary nitrogens is 1. The second-order valence-corrected chi connectivity index (χ2v) is 11.1. The van der Waals surface area contributed by atoms with Crippen LogP contribution in [-0.4, -0.2) is 52.8 Å². The normalized spacial score (nSPS) is 17.1. The van der Waals surface area contributed by atoms with Crippen LogP contribution in [0.25, 0.3) is 10.9 Å². The molecule has 204 valence electrons. The summed E-state index contributed by atoms with van der Waals surface area (Å²) in [4.78, 5) is 22.0. The monoisotopic (exact) mass is 535 g/mol. The highest BCUT2D eigenvalue weighted by Crippen LogP contribution is 2.46. The first-order chi connectivity index (χ1) is 17.7. The number of carboxylic acid groups (broad SMARTS) is 1. The zero-order valence-corrected chi connectivity index (χ0v) is 22.4. The number of benzene rings is 1. The van der Waals surface area contributed by atoms with Gasteiger partial charge in [-0.25, -0.2) is 13.1 Å². The number of sulfonamides is 1. The topological polar surface area (TPSA) is 147 Å². The number of nitrogens with one attached hydrogen (secondary N) is 2. The highest BCUT2D eigenvalue weighted by molar-refractivity contribution is 7.88. The standard InChI is InChI=1S/C25H37N5O6S/c1-3-12-23-28-21-19-29(33)22-14-7-6-13-20(22)24(21)30(23,17-10-9-16-27-37(2,34)35)36-18-11-5-4-8-15-26-25(31)32/h6-7,13-14,19,26-27H,3-5,8-12,15-18H2,1-2H3. The zero-order valence-electron chi connectivity index (χ0n) is 21.6. The molecule has 1 aliphatic rings. The molecule has 1 aromatic carbocycles. The van der Waals surface area contributed by atoms with E-state index in [1.165, 1.54) is 6.20 Å². The molecular weight excluding hydrogens is 498 g/mol. The fourth-order valence-electron chi connectivity index (χ4n) is 4.67. The average molecular weight is 536 g/mol. The molecule has 0 bridgehead atoms. The maximum atomic E-state index is 12.7. The molecule has 0 saturated carbocycles. The number of nitrogens with zero attached hydrogens (tertiary/aromatic N) is 3. The number of pyridine rings is 1. The molecule has 0 fully saturated rings. The largest absolute Gasteiger partial charge is 0.618 e. The molecule has 0 radical (unpaired) electrons. The first-order valence-electron chi connectivity index (χ1n) is 12.8. The molecular formula is C25H37N5O6S. The van der Waals surface area contributed by atoms with Crippen molar-refractivity contribution in [3.05, 3.63) is 35.7 Å². The number of amidine groups is 1. The van der Waals surface area contributed by atoms with Crippen molar-refractivity contribution in [2.24, 2.45) is 4.99 Å². The van der Waals surface area contributed by atoms with Gasteiger partial charge in [0.25, 0.3) is 0 Å². The van der Waals surface area contributed by atoms with Gasteiger partial charge in [0.1, 0.15) is 24.6 Å². The van der Waals surface area contributed by atoms with Crippen molar-refractivity contribution in [3.63, 3.8) is 0 Å². The number of aliphatic imine (C=N–C) groups is 1. The highest BCUT2D eigenvalue weighted by atomic mass is 32.2. The van der Waals surface area contributed by atoms with Gasteiger partial charge >= 0.3 is 0 Å². The maximum Gasteiger partial charge on any atom is 0.242 e. The molecule has 0 saturated heterocycles. The van der Waals surface area contributed by atoms with Gasteiger partial charge in [0.15, 0.2) is 5.69 Å². The van der Waals surface area contributed by atoms with Gasteiger partial charge in [0.05, 0.1) is 6.26 Å². The van der Waals surface area contributed by atoms with Crippen molar-refractivity contribution in [3.8, 4) is 0 Å². The van der Waals surface area contributed by atoms with Gasteiger partial charge in [0, 0.05) is 32.0 Å². The van der Waals surface area contributed by atoms with E-state index in [-0.39, 0.29) is 4.65 Å². The maximum absolute atomic E-state index is 12.7. The lowest BCUT2D eigenvalue weighted by Gasteiger charge is -2.32. The summed E-state index contributed by atoms with van der Waals surface area (Å²) in [5, 5.41) is 26.3. The van der Waals surface area contributed by atoms with Crippen LogP contribution in [0.15, 0.2) is 35.5 Å². The Morgan fingerprint density at radius 3 is 2.57 bits per heavy atom. The fraction of sp³-hybridized carbons (Fsp3) is 0.560. The summed E-state index contributed by atoms with van der Waals surface area (Å²) in [7, 11) is -3.26. The van der Waals surface area contributed by atoms with Crippen LogP contribution in [-0.2, 0) is 14.9 Å². The van der Waals surface area contributed by atoms with Crippen LogP contribution < -0.4 is 24.5 Å². The van der Waals surface area contributed by atoms with Gasteiger partial charge in [-0.05, 0) is 31.7 Å². The highest BCUT2D eigenvalue weighted by Gasteiger charge is 2.48. The molecule has 12 heteroatoms. The molecule has 1 aromatic heterocycles. The minimum absolute atomic E-state index is 0.0929. The lowest BCUT2D eigenvalue weighted by molar-refractivity contribution is -0.576. The van der Waals surface area contributed by atoms with E-state index in [2.05, 4.69) is 17.0 Å². The van der Waals surface area contributed by atoms with E-state index < -0.39 is 16.1 Å². The molecule has 1 unspecified atom stereocenters. The molecule has 2 N–H and O–H groups in total. The number of amides is 1. The summed E-state index contributed by atoms with van der Waals surface area (Å²) in [6.45, 7) is 3.79. The fourth-order valence-corrected chi connectivity index (χ4v) is 5.18. The van der Waals surface area contributed by atoms with E-state index in [0.29, 0.717) is 56.7 Å². The predicted octanol–water partition coefficient (Wildman–Crippen LogP) is 2.38. The van der Waals surface area contributed by atoms with E-state index in [4.69, 9.17) is 9.83 Å². The number of hydroxylamine groups is 2. The molecule has 0 spiro atoms. The SMILES string of the molecule is CCCC1=Nc2c[n+]([O-])c3ccccc3c2[N+]1(CCCCNS(C)(=O)=O)OCCCCCCNC(=O)[O-]. The number of fused-ring (bicyclic) bond motifs is 3. The van der Waals surface area contributed by atoms with Crippen LogP contribution in [0.5, 0.6) is 0 Å². The van der Waals surface area contributed by atoms with E-state index >= 15 is 0 Å².